The molecule has 0 aliphatic carbocycles. The average molecular weight is 485 g/mol. The molecule has 0 saturated carbocycles. The zero-order valence-electron chi connectivity index (χ0n) is 15.7. The molecule has 0 spiro atoms. The molecule has 190 valence electrons. The normalized spacial score (nSPS) is 13.8. The summed E-state index contributed by atoms with van der Waals surface area (Å²) < 4.78 is 0. The Labute approximate surface area is 180 Å². The maximum absolute atomic E-state index is 10.1. The first kappa shape index (κ1) is 33.7. The monoisotopic (exact) mass is 485 g/mol. The molecular weight excluding hydrogens is 472 g/mol. The molecule has 0 aromatic carbocycles. The summed E-state index contributed by atoms with van der Waals surface area (Å²) in [5, 5.41) is 110. The maximum Gasteiger partial charge on any atom is 0.124 e. The highest BCUT2D eigenvalue weighted by Gasteiger charge is 2.29. The third-order valence-electron chi connectivity index (χ3n) is 2.82. The van der Waals surface area contributed by atoms with Gasteiger partial charge in [0.2, 0.25) is 0 Å². The third-order valence-corrected chi connectivity index (χ3v) is 2.82. The molecular formula is C14H13O19-7. The molecule has 5 N–H and O–H groups in total. The molecule has 0 amide bonds. The molecule has 0 heterocycles. The van der Waals surface area contributed by atoms with Crippen molar-refractivity contribution in [2.45, 2.75) is 42.9 Å². The van der Waals surface area contributed by atoms with Gasteiger partial charge in [0, 0.05) is 24.8 Å². The van der Waals surface area contributed by atoms with Gasteiger partial charge in [-0.2, -0.15) is 0 Å². The zero-order valence-corrected chi connectivity index (χ0v) is 15.7. The highest BCUT2D eigenvalue weighted by Crippen LogP contribution is 2.13. The van der Waals surface area contributed by atoms with E-state index in [-0.39, 0.29) is 0 Å². The van der Waals surface area contributed by atoms with Crippen LogP contribution in [-0.2, 0) is 33.6 Å². The molecule has 0 saturated heterocycles. The first-order valence-corrected chi connectivity index (χ1v) is 7.60. The van der Waals surface area contributed by atoms with Gasteiger partial charge in [0.1, 0.15) is 30.0 Å². The second-order valence-electron chi connectivity index (χ2n) is 5.47. The number of aliphatic carboxylic acids is 7. The van der Waals surface area contributed by atoms with Crippen molar-refractivity contribution < 1.29 is 94.8 Å². The first-order valence-electron chi connectivity index (χ1n) is 7.60. The molecule has 0 aromatic heterocycles. The molecule has 0 fully saturated rings. The Morgan fingerprint density at radius 3 is 0.788 bits per heavy atom. The predicted octanol–water partition coefficient (Wildman–Crippen LogP) is -14.8. The maximum atomic E-state index is 10.1. The van der Waals surface area contributed by atoms with E-state index in [2.05, 4.69) is 0 Å². The lowest BCUT2D eigenvalue weighted by Crippen LogP contribution is -2.54. The van der Waals surface area contributed by atoms with Gasteiger partial charge < -0.3 is 94.8 Å². The topological polar surface area (TPSA) is 382 Å². The Bertz CT molecular complexity index is 653. The summed E-state index contributed by atoms with van der Waals surface area (Å²) in [6.45, 7) is 0. The SMILES string of the molecule is O=C([O-])C(O)C(O)C(=O)[O-].O=C([O-])C(O)C(O)C(=O)[O-].O=C([O-])CC(O)(CC(=O)[O-])C(=O)[O-]. The minimum absolute atomic E-state index is 1.36. The van der Waals surface area contributed by atoms with E-state index in [1.807, 2.05) is 0 Å². The number of rotatable bonds is 11. The van der Waals surface area contributed by atoms with Crippen LogP contribution in [0.4, 0.5) is 0 Å². The van der Waals surface area contributed by atoms with Crippen LogP contribution in [0.1, 0.15) is 12.8 Å². The summed E-state index contributed by atoms with van der Waals surface area (Å²) in [5.74, 6) is -14.2. The standard InChI is InChI=1S/C6H8O7.2C4H6O6/c7-3(8)1-6(13,5(11)12)2-4(9)10;2*5-1(3(7)8)2(6)4(9)10/h13H,1-2H2,(H,7,8)(H,9,10)(H,11,12);2*1-2,5-6H,(H,7,8)(H,9,10)/p-7. The van der Waals surface area contributed by atoms with Crippen molar-refractivity contribution in [1.82, 2.24) is 0 Å². The van der Waals surface area contributed by atoms with Crippen LogP contribution in [0, 0.1) is 0 Å². The van der Waals surface area contributed by atoms with Crippen molar-refractivity contribution in [2.75, 3.05) is 0 Å². The number of hydrogen-bond acceptors (Lipinski definition) is 19. The molecule has 4 unspecified atom stereocenters. The third kappa shape index (κ3) is 14.7. The minimum Gasteiger partial charge on any atom is -0.550 e. The Balaban J connectivity index is -0.000000415. The largest absolute Gasteiger partial charge is 0.550 e. The number of carboxylic acids is 7. The molecule has 19 heteroatoms. The lowest BCUT2D eigenvalue weighted by molar-refractivity contribution is -0.339. The lowest BCUT2D eigenvalue weighted by atomic mass is 9.96. The highest BCUT2D eigenvalue weighted by atomic mass is 16.4. The van der Waals surface area contributed by atoms with Gasteiger partial charge in [-0.1, -0.05) is 0 Å². The van der Waals surface area contributed by atoms with Crippen LogP contribution in [0.15, 0.2) is 0 Å². The number of carboxylic acid groups (broad SMARTS) is 7. The van der Waals surface area contributed by atoms with Crippen molar-refractivity contribution >= 4 is 41.8 Å². The van der Waals surface area contributed by atoms with Gasteiger partial charge in [0.15, 0.2) is 0 Å². The van der Waals surface area contributed by atoms with Gasteiger partial charge in [0.05, 0.1) is 29.8 Å². The van der Waals surface area contributed by atoms with Crippen molar-refractivity contribution in [3.05, 3.63) is 0 Å². The average Bonchev–Trinajstić information content (AvgIpc) is 2.64. The number of aliphatic hydroxyl groups is 5. The van der Waals surface area contributed by atoms with Crippen molar-refractivity contribution in [3.8, 4) is 0 Å². The first-order chi connectivity index (χ1) is 14.7. The van der Waals surface area contributed by atoms with Crippen LogP contribution in [0.5, 0.6) is 0 Å². The van der Waals surface area contributed by atoms with E-state index >= 15 is 0 Å². The Morgan fingerprint density at radius 2 is 0.697 bits per heavy atom. The Morgan fingerprint density at radius 1 is 0.515 bits per heavy atom. The fourth-order valence-corrected chi connectivity index (χ4v) is 1.20. The molecule has 0 bridgehead atoms. The number of carbonyl (C=O) groups excluding carboxylic acids is 7. The molecule has 0 radical (unpaired) electrons. The highest BCUT2D eigenvalue weighted by molar-refractivity contribution is 5.86. The fourth-order valence-electron chi connectivity index (χ4n) is 1.20. The lowest BCUT2D eigenvalue weighted by Gasteiger charge is -2.29. The Kier molecular flexibility index (Phi) is 15.3. The molecule has 0 aliphatic rings. The zero-order chi connectivity index (χ0) is 27.3. The van der Waals surface area contributed by atoms with Gasteiger partial charge in [0.25, 0.3) is 0 Å². The molecule has 4 atom stereocenters. The van der Waals surface area contributed by atoms with Crippen LogP contribution < -0.4 is 35.7 Å². The number of aliphatic hydroxyl groups excluding tert-OH is 4. The second kappa shape index (κ2) is 15.0. The summed E-state index contributed by atoms with van der Waals surface area (Å²) in [6.07, 6.45) is -12.5. The summed E-state index contributed by atoms with van der Waals surface area (Å²) in [7, 11) is 0. The van der Waals surface area contributed by atoms with E-state index in [0.717, 1.165) is 0 Å². The van der Waals surface area contributed by atoms with Crippen molar-refractivity contribution in [2.24, 2.45) is 0 Å². The van der Waals surface area contributed by atoms with Gasteiger partial charge in [-0.25, -0.2) is 0 Å². The summed E-state index contributed by atoms with van der Waals surface area (Å²) >= 11 is 0. The van der Waals surface area contributed by atoms with Gasteiger partial charge >= 0.3 is 0 Å². The van der Waals surface area contributed by atoms with E-state index in [0.29, 0.717) is 0 Å². The van der Waals surface area contributed by atoms with E-state index in [1.165, 1.54) is 0 Å². The van der Waals surface area contributed by atoms with Crippen LogP contribution in [0.25, 0.3) is 0 Å². The van der Waals surface area contributed by atoms with Crippen LogP contribution in [-0.4, -0.2) is 97.3 Å². The van der Waals surface area contributed by atoms with E-state index in [1.54, 1.807) is 0 Å². The smallest absolute Gasteiger partial charge is 0.124 e. The van der Waals surface area contributed by atoms with E-state index < -0.39 is 84.6 Å². The fraction of sp³-hybridized carbons (Fsp3) is 0.500. The van der Waals surface area contributed by atoms with E-state index in [9.17, 15) is 69.3 Å². The van der Waals surface area contributed by atoms with Crippen molar-refractivity contribution in [1.29, 1.82) is 0 Å². The van der Waals surface area contributed by atoms with Crippen LogP contribution in [0.3, 0.4) is 0 Å². The Hall–Kier alpha value is -3.91. The molecule has 19 nitrogen and oxygen atoms in total. The second-order valence-corrected chi connectivity index (χ2v) is 5.47. The number of carbonyl (C=O) groups is 7. The van der Waals surface area contributed by atoms with Crippen LogP contribution in [0.2, 0.25) is 0 Å². The van der Waals surface area contributed by atoms with Crippen LogP contribution >= 0.6 is 0 Å². The van der Waals surface area contributed by atoms with Crippen molar-refractivity contribution in [3.63, 3.8) is 0 Å². The van der Waals surface area contributed by atoms with Gasteiger partial charge in [-0.3, -0.25) is 0 Å². The summed E-state index contributed by atoms with van der Waals surface area (Å²) in [6, 6.07) is 0. The summed E-state index contributed by atoms with van der Waals surface area (Å²) in [5.41, 5.74) is -2.97. The molecule has 0 aliphatic heterocycles. The minimum atomic E-state index is -2.97. The predicted molar refractivity (Wildman–Crippen MR) is 73.3 cm³/mol. The molecule has 0 aromatic rings. The molecule has 0 rings (SSSR count). The van der Waals surface area contributed by atoms with Gasteiger partial charge in [-0.05, 0) is 0 Å². The molecule has 33 heavy (non-hydrogen) atoms. The summed E-state index contributed by atoms with van der Waals surface area (Å²) in [4.78, 5) is 68.5. The van der Waals surface area contributed by atoms with Gasteiger partial charge in [-0.15, -0.1) is 0 Å². The number of hydrogen-bond donors (Lipinski definition) is 5. The van der Waals surface area contributed by atoms with E-state index in [4.69, 9.17) is 25.5 Å². The quantitative estimate of drug-likeness (QED) is 0.181.